The van der Waals surface area contributed by atoms with Crippen LogP contribution in [0.25, 0.3) is 0 Å². The van der Waals surface area contributed by atoms with Gasteiger partial charge in [0.25, 0.3) is 0 Å². The molecule has 2 heterocycles. The SMILES string of the molecule is c1ccc(CN2CC[C@]34CCCC[C@]23Nc2ccccc24)cc1. The van der Waals surface area contributed by atoms with Crippen LogP contribution in [-0.2, 0) is 12.0 Å². The molecule has 2 aromatic rings. The highest BCUT2D eigenvalue weighted by Gasteiger charge is 2.64. The summed E-state index contributed by atoms with van der Waals surface area (Å²) < 4.78 is 0. The third-order valence-electron chi connectivity index (χ3n) is 6.53. The van der Waals surface area contributed by atoms with Gasteiger partial charge in [0.05, 0.1) is 0 Å². The fourth-order valence-corrected chi connectivity index (χ4v) is 5.57. The second-order valence-corrected chi connectivity index (χ2v) is 7.48. The highest BCUT2D eigenvalue weighted by atomic mass is 15.4. The molecule has 0 aromatic heterocycles. The summed E-state index contributed by atoms with van der Waals surface area (Å²) in [7, 11) is 0. The average molecular weight is 304 g/mol. The lowest BCUT2D eigenvalue weighted by atomic mass is 9.64. The van der Waals surface area contributed by atoms with Crippen LogP contribution < -0.4 is 5.32 Å². The van der Waals surface area contributed by atoms with Crippen molar-refractivity contribution >= 4 is 5.69 Å². The number of anilines is 1. The number of benzene rings is 2. The third-order valence-corrected chi connectivity index (χ3v) is 6.53. The maximum Gasteiger partial charge on any atom is 0.101 e. The van der Waals surface area contributed by atoms with Crippen molar-refractivity contribution in [3.05, 3.63) is 65.7 Å². The predicted octanol–water partition coefficient (Wildman–Crippen LogP) is 4.53. The van der Waals surface area contributed by atoms with Crippen LogP contribution in [-0.4, -0.2) is 17.1 Å². The molecule has 1 saturated heterocycles. The molecule has 2 aliphatic heterocycles. The molecule has 3 aliphatic rings. The van der Waals surface area contributed by atoms with Crippen LogP contribution in [0, 0.1) is 0 Å². The van der Waals surface area contributed by atoms with Gasteiger partial charge in [0.2, 0.25) is 0 Å². The third kappa shape index (κ3) is 1.73. The van der Waals surface area contributed by atoms with E-state index in [9.17, 15) is 0 Å². The largest absolute Gasteiger partial charge is 0.366 e. The van der Waals surface area contributed by atoms with Crippen LogP contribution in [0.3, 0.4) is 0 Å². The van der Waals surface area contributed by atoms with Gasteiger partial charge < -0.3 is 5.32 Å². The Balaban J connectivity index is 1.58. The predicted molar refractivity (Wildman–Crippen MR) is 94.4 cm³/mol. The van der Waals surface area contributed by atoms with Crippen LogP contribution in [0.2, 0.25) is 0 Å². The van der Waals surface area contributed by atoms with Crippen LogP contribution >= 0.6 is 0 Å². The van der Waals surface area contributed by atoms with Crippen LogP contribution in [0.1, 0.15) is 43.2 Å². The number of hydrogen-bond acceptors (Lipinski definition) is 2. The number of rotatable bonds is 2. The quantitative estimate of drug-likeness (QED) is 0.877. The molecule has 23 heavy (non-hydrogen) atoms. The van der Waals surface area contributed by atoms with Gasteiger partial charge in [-0.25, -0.2) is 0 Å². The standard InChI is InChI=1S/C21H24N2/c1-2-8-17(9-3-1)16-23-15-14-20-12-6-7-13-21(20,23)22-19-11-5-4-10-18(19)20/h1-5,8-11,22H,6-7,12-16H2/t20-,21-/m0/s1. The highest BCUT2D eigenvalue weighted by molar-refractivity contribution is 5.65. The van der Waals surface area contributed by atoms with Crippen molar-refractivity contribution in [1.82, 2.24) is 4.90 Å². The van der Waals surface area contributed by atoms with Gasteiger partial charge in [-0.1, -0.05) is 55.0 Å². The van der Waals surface area contributed by atoms with Crippen molar-refractivity contribution in [2.24, 2.45) is 0 Å². The van der Waals surface area contributed by atoms with Crippen LogP contribution in [0.4, 0.5) is 5.69 Å². The average Bonchev–Trinajstić information content (AvgIpc) is 3.07. The van der Waals surface area contributed by atoms with Gasteiger partial charge >= 0.3 is 0 Å². The summed E-state index contributed by atoms with van der Waals surface area (Å²) >= 11 is 0. The highest BCUT2D eigenvalue weighted by Crippen LogP contribution is 2.61. The number of nitrogens with zero attached hydrogens (tertiary/aromatic N) is 1. The lowest BCUT2D eigenvalue weighted by molar-refractivity contribution is 0.0706. The fraction of sp³-hybridized carbons (Fsp3) is 0.429. The van der Waals surface area contributed by atoms with Crippen molar-refractivity contribution in [2.75, 3.05) is 11.9 Å². The lowest BCUT2D eigenvalue weighted by Crippen LogP contribution is -2.59. The van der Waals surface area contributed by atoms with E-state index in [0.717, 1.165) is 6.54 Å². The van der Waals surface area contributed by atoms with Crippen molar-refractivity contribution in [3.63, 3.8) is 0 Å². The number of likely N-dealkylation sites (tertiary alicyclic amines) is 1. The number of hydrogen-bond donors (Lipinski definition) is 1. The molecule has 2 atom stereocenters. The molecule has 2 heteroatoms. The zero-order valence-electron chi connectivity index (χ0n) is 13.6. The molecule has 0 bridgehead atoms. The van der Waals surface area contributed by atoms with Gasteiger partial charge in [-0.05, 0) is 42.9 Å². The summed E-state index contributed by atoms with van der Waals surface area (Å²) in [6.07, 6.45) is 6.62. The maximum atomic E-state index is 4.00. The molecule has 0 radical (unpaired) electrons. The van der Waals surface area contributed by atoms with Crippen molar-refractivity contribution in [3.8, 4) is 0 Å². The fourth-order valence-electron chi connectivity index (χ4n) is 5.57. The molecule has 2 aromatic carbocycles. The van der Waals surface area contributed by atoms with Gasteiger partial charge in [-0.3, -0.25) is 4.90 Å². The summed E-state index contributed by atoms with van der Waals surface area (Å²) in [4.78, 5) is 2.74. The Morgan fingerprint density at radius 1 is 0.870 bits per heavy atom. The molecule has 0 spiro atoms. The van der Waals surface area contributed by atoms with Gasteiger partial charge in [0.1, 0.15) is 5.66 Å². The first-order valence-corrected chi connectivity index (χ1v) is 9.01. The summed E-state index contributed by atoms with van der Waals surface area (Å²) in [6, 6.07) is 20.0. The molecule has 5 rings (SSSR count). The minimum absolute atomic E-state index is 0.144. The second-order valence-electron chi connectivity index (χ2n) is 7.48. The van der Waals surface area contributed by atoms with E-state index in [1.54, 1.807) is 5.56 Å². The molecule has 0 unspecified atom stereocenters. The summed E-state index contributed by atoms with van der Waals surface area (Å²) in [6.45, 7) is 2.26. The zero-order chi connectivity index (χ0) is 15.3. The molecule has 2 nitrogen and oxygen atoms in total. The van der Waals surface area contributed by atoms with Crippen molar-refractivity contribution in [2.45, 2.75) is 49.7 Å². The summed E-state index contributed by atoms with van der Waals surface area (Å²) in [5.74, 6) is 0. The second kappa shape index (κ2) is 4.85. The first-order valence-electron chi connectivity index (χ1n) is 9.01. The Morgan fingerprint density at radius 3 is 2.57 bits per heavy atom. The van der Waals surface area contributed by atoms with E-state index in [2.05, 4.69) is 64.8 Å². The maximum absolute atomic E-state index is 4.00. The molecular weight excluding hydrogens is 280 g/mol. The number of para-hydroxylation sites is 1. The van der Waals surface area contributed by atoms with Crippen molar-refractivity contribution in [1.29, 1.82) is 0 Å². The van der Waals surface area contributed by atoms with Crippen LogP contribution in [0.15, 0.2) is 54.6 Å². The van der Waals surface area contributed by atoms with Gasteiger partial charge in [0.15, 0.2) is 0 Å². The van der Waals surface area contributed by atoms with E-state index < -0.39 is 0 Å². The molecule has 1 aliphatic carbocycles. The van der Waals surface area contributed by atoms with E-state index >= 15 is 0 Å². The molecular formula is C21H24N2. The first kappa shape index (κ1) is 13.6. The van der Waals surface area contributed by atoms with E-state index in [4.69, 9.17) is 0 Å². The Morgan fingerprint density at radius 2 is 1.65 bits per heavy atom. The Hall–Kier alpha value is -1.80. The Kier molecular flexibility index (Phi) is 2.87. The Bertz CT molecular complexity index is 726. The smallest absolute Gasteiger partial charge is 0.101 e. The van der Waals surface area contributed by atoms with E-state index in [1.807, 2.05) is 0 Å². The lowest BCUT2D eigenvalue weighted by Gasteiger charge is -2.49. The van der Waals surface area contributed by atoms with Crippen LogP contribution in [0.5, 0.6) is 0 Å². The summed E-state index contributed by atoms with van der Waals surface area (Å²) in [5, 5.41) is 4.00. The van der Waals surface area contributed by atoms with Gasteiger partial charge in [-0.15, -0.1) is 0 Å². The molecule has 1 saturated carbocycles. The Labute approximate surface area is 138 Å². The summed E-state index contributed by atoms with van der Waals surface area (Å²) in [5.41, 5.74) is 4.87. The van der Waals surface area contributed by atoms with Gasteiger partial charge in [-0.2, -0.15) is 0 Å². The molecule has 118 valence electrons. The normalized spacial score (nSPS) is 32.0. The number of fused-ring (bicyclic) bond motifs is 1. The monoisotopic (exact) mass is 304 g/mol. The first-order chi connectivity index (χ1) is 11.3. The minimum atomic E-state index is 0.144. The molecule has 0 amide bonds. The van der Waals surface area contributed by atoms with E-state index in [1.165, 1.54) is 49.9 Å². The van der Waals surface area contributed by atoms with Gasteiger partial charge in [0, 0.05) is 24.2 Å². The topological polar surface area (TPSA) is 15.3 Å². The zero-order valence-corrected chi connectivity index (χ0v) is 13.6. The van der Waals surface area contributed by atoms with E-state index in [-0.39, 0.29) is 5.66 Å². The molecule has 1 N–H and O–H groups in total. The number of nitrogens with one attached hydrogen (secondary N) is 1. The minimum Gasteiger partial charge on any atom is -0.366 e. The van der Waals surface area contributed by atoms with Crippen molar-refractivity contribution < 1.29 is 0 Å². The molecule has 2 fully saturated rings. The van der Waals surface area contributed by atoms with E-state index in [0.29, 0.717) is 5.41 Å².